The van der Waals surface area contributed by atoms with Gasteiger partial charge in [-0.2, -0.15) is 5.10 Å². The Morgan fingerprint density at radius 1 is 1.47 bits per heavy atom. The number of rotatable bonds is 5. The molecule has 7 heteroatoms. The predicted octanol–water partition coefficient (Wildman–Crippen LogP) is 2.15. The van der Waals surface area contributed by atoms with Crippen molar-refractivity contribution < 1.29 is 14.1 Å². The number of halogens is 1. The van der Waals surface area contributed by atoms with Crippen LogP contribution in [0, 0.1) is 0 Å². The zero-order chi connectivity index (χ0) is 13.8. The van der Waals surface area contributed by atoms with Crippen LogP contribution in [0.25, 0.3) is 0 Å². The van der Waals surface area contributed by atoms with Gasteiger partial charge in [-0.15, -0.1) is 0 Å². The standard InChI is InChI=1S/C12H11BrN2O3S/c13-11-3-2-9(8-10(11)12(16)17)19(18)7-6-15-5-1-4-14-15/h1-5,8H,6-7H2,(H,16,17). The second kappa shape index (κ2) is 6.12. The molecule has 0 bridgehead atoms. The molecule has 0 aliphatic heterocycles. The highest BCUT2D eigenvalue weighted by Gasteiger charge is 2.12. The Hall–Kier alpha value is -1.47. The first-order valence-electron chi connectivity index (χ1n) is 5.46. The number of hydrogen-bond acceptors (Lipinski definition) is 3. The molecule has 0 radical (unpaired) electrons. The number of carboxylic acid groups (broad SMARTS) is 1. The zero-order valence-electron chi connectivity index (χ0n) is 9.82. The summed E-state index contributed by atoms with van der Waals surface area (Å²) in [5, 5.41) is 13.0. The van der Waals surface area contributed by atoms with Crippen LogP contribution < -0.4 is 0 Å². The van der Waals surface area contributed by atoms with Gasteiger partial charge in [0.1, 0.15) is 0 Å². The molecular formula is C12H11BrN2O3S. The molecule has 1 aromatic heterocycles. The molecule has 0 amide bonds. The number of carboxylic acids is 1. The van der Waals surface area contributed by atoms with Gasteiger partial charge in [-0.1, -0.05) is 0 Å². The molecule has 1 unspecified atom stereocenters. The summed E-state index contributed by atoms with van der Waals surface area (Å²) < 4.78 is 14.3. The summed E-state index contributed by atoms with van der Waals surface area (Å²) >= 11 is 3.16. The van der Waals surface area contributed by atoms with E-state index in [1.54, 1.807) is 35.3 Å². The first-order valence-corrected chi connectivity index (χ1v) is 7.58. The molecule has 2 aromatic rings. The van der Waals surface area contributed by atoms with E-state index in [0.29, 0.717) is 21.7 Å². The summed E-state index contributed by atoms with van der Waals surface area (Å²) in [6, 6.07) is 6.50. The van der Waals surface area contributed by atoms with Gasteiger partial charge in [0.2, 0.25) is 0 Å². The lowest BCUT2D eigenvalue weighted by atomic mass is 10.2. The topological polar surface area (TPSA) is 72.2 Å². The molecule has 0 aliphatic carbocycles. The Morgan fingerprint density at radius 2 is 2.26 bits per heavy atom. The third-order valence-corrected chi connectivity index (χ3v) is 4.52. The SMILES string of the molecule is O=C(O)c1cc(S(=O)CCn2cccn2)ccc1Br. The summed E-state index contributed by atoms with van der Waals surface area (Å²) in [4.78, 5) is 11.5. The molecule has 0 saturated carbocycles. The van der Waals surface area contributed by atoms with E-state index < -0.39 is 16.8 Å². The van der Waals surface area contributed by atoms with Gasteiger partial charge in [0, 0.05) is 27.5 Å². The highest BCUT2D eigenvalue weighted by atomic mass is 79.9. The van der Waals surface area contributed by atoms with Gasteiger partial charge in [0.05, 0.1) is 22.9 Å². The van der Waals surface area contributed by atoms with Crippen molar-refractivity contribution in [3.05, 3.63) is 46.7 Å². The van der Waals surface area contributed by atoms with E-state index in [0.717, 1.165) is 0 Å². The van der Waals surface area contributed by atoms with E-state index in [1.807, 2.05) is 0 Å². The van der Waals surface area contributed by atoms with Gasteiger partial charge >= 0.3 is 5.97 Å². The van der Waals surface area contributed by atoms with Crippen molar-refractivity contribution in [2.24, 2.45) is 0 Å². The van der Waals surface area contributed by atoms with Crippen molar-refractivity contribution in [2.75, 3.05) is 5.75 Å². The van der Waals surface area contributed by atoms with E-state index in [-0.39, 0.29) is 5.56 Å². The Morgan fingerprint density at radius 3 is 2.89 bits per heavy atom. The fraction of sp³-hybridized carbons (Fsp3) is 0.167. The lowest BCUT2D eigenvalue weighted by Gasteiger charge is -2.05. The Labute approximate surface area is 120 Å². The van der Waals surface area contributed by atoms with E-state index >= 15 is 0 Å². The molecule has 1 N–H and O–H groups in total. The lowest BCUT2D eigenvalue weighted by molar-refractivity contribution is 0.0695. The van der Waals surface area contributed by atoms with Gasteiger partial charge in [-0.05, 0) is 40.2 Å². The van der Waals surface area contributed by atoms with Crippen molar-refractivity contribution in [2.45, 2.75) is 11.4 Å². The normalized spacial score (nSPS) is 12.3. The number of carbonyl (C=O) groups is 1. The lowest BCUT2D eigenvalue weighted by Crippen LogP contribution is -2.09. The minimum Gasteiger partial charge on any atom is -0.478 e. The van der Waals surface area contributed by atoms with E-state index in [9.17, 15) is 9.00 Å². The van der Waals surface area contributed by atoms with Crippen molar-refractivity contribution in [3.63, 3.8) is 0 Å². The summed E-state index contributed by atoms with van der Waals surface area (Å²) in [5.41, 5.74) is 0.116. The molecule has 100 valence electrons. The smallest absolute Gasteiger partial charge is 0.336 e. The van der Waals surface area contributed by atoms with Crippen LogP contribution in [0.1, 0.15) is 10.4 Å². The molecular weight excluding hydrogens is 332 g/mol. The predicted molar refractivity (Wildman–Crippen MR) is 74.6 cm³/mol. The Bertz CT molecular complexity index is 613. The average molecular weight is 343 g/mol. The quantitative estimate of drug-likeness (QED) is 0.903. The highest BCUT2D eigenvalue weighted by Crippen LogP contribution is 2.20. The summed E-state index contributed by atoms with van der Waals surface area (Å²) in [6.45, 7) is 0.526. The number of aryl methyl sites for hydroxylation is 1. The largest absolute Gasteiger partial charge is 0.478 e. The maximum Gasteiger partial charge on any atom is 0.336 e. The van der Waals surface area contributed by atoms with Crippen LogP contribution in [-0.2, 0) is 17.3 Å². The molecule has 0 spiro atoms. The van der Waals surface area contributed by atoms with Crippen LogP contribution in [0.5, 0.6) is 0 Å². The zero-order valence-corrected chi connectivity index (χ0v) is 12.2. The van der Waals surface area contributed by atoms with Crippen LogP contribution in [0.2, 0.25) is 0 Å². The van der Waals surface area contributed by atoms with Crippen molar-refractivity contribution in [1.29, 1.82) is 0 Å². The molecule has 2 rings (SSSR count). The molecule has 1 atom stereocenters. The third kappa shape index (κ3) is 3.51. The molecule has 0 fully saturated rings. The minimum absolute atomic E-state index is 0.116. The van der Waals surface area contributed by atoms with Gasteiger partial charge < -0.3 is 5.11 Å². The van der Waals surface area contributed by atoms with Crippen LogP contribution in [0.4, 0.5) is 0 Å². The molecule has 19 heavy (non-hydrogen) atoms. The van der Waals surface area contributed by atoms with E-state index in [4.69, 9.17) is 5.11 Å². The molecule has 5 nitrogen and oxygen atoms in total. The van der Waals surface area contributed by atoms with Crippen LogP contribution in [0.3, 0.4) is 0 Å². The molecule has 1 heterocycles. The monoisotopic (exact) mass is 342 g/mol. The second-order valence-corrected chi connectivity index (χ2v) is 6.19. The number of nitrogens with zero attached hydrogens (tertiary/aromatic N) is 2. The Kier molecular flexibility index (Phi) is 4.49. The van der Waals surface area contributed by atoms with Gasteiger partial charge in [-0.25, -0.2) is 4.79 Å². The van der Waals surface area contributed by atoms with Crippen molar-refractivity contribution in [3.8, 4) is 0 Å². The first-order chi connectivity index (χ1) is 9.08. The summed E-state index contributed by atoms with van der Waals surface area (Å²) in [7, 11) is -1.25. The summed E-state index contributed by atoms with van der Waals surface area (Å²) in [5.74, 6) is -0.652. The molecule has 0 aliphatic rings. The van der Waals surface area contributed by atoms with Gasteiger partial charge in [0.25, 0.3) is 0 Å². The second-order valence-electron chi connectivity index (χ2n) is 3.77. The van der Waals surface area contributed by atoms with Crippen LogP contribution in [0.15, 0.2) is 46.0 Å². The maximum absolute atomic E-state index is 12.1. The summed E-state index contributed by atoms with van der Waals surface area (Å²) in [6.07, 6.45) is 3.45. The number of hydrogen-bond donors (Lipinski definition) is 1. The number of aromatic nitrogens is 2. The number of benzene rings is 1. The molecule has 1 aromatic carbocycles. The Balaban J connectivity index is 2.11. The first kappa shape index (κ1) is 14.0. The average Bonchev–Trinajstić information content (AvgIpc) is 2.89. The minimum atomic E-state index is -1.25. The van der Waals surface area contributed by atoms with Crippen LogP contribution in [-0.4, -0.2) is 30.8 Å². The van der Waals surface area contributed by atoms with E-state index in [1.165, 1.54) is 6.07 Å². The van der Waals surface area contributed by atoms with Crippen LogP contribution >= 0.6 is 15.9 Å². The maximum atomic E-state index is 12.1. The van der Waals surface area contributed by atoms with Gasteiger partial charge in [-0.3, -0.25) is 8.89 Å². The van der Waals surface area contributed by atoms with Gasteiger partial charge in [0.15, 0.2) is 0 Å². The fourth-order valence-electron chi connectivity index (χ4n) is 1.54. The van der Waals surface area contributed by atoms with E-state index in [2.05, 4.69) is 21.0 Å². The van der Waals surface area contributed by atoms with Crippen molar-refractivity contribution in [1.82, 2.24) is 9.78 Å². The highest BCUT2D eigenvalue weighted by molar-refractivity contribution is 9.10. The number of aromatic carboxylic acids is 1. The molecule has 0 saturated heterocycles. The fourth-order valence-corrected chi connectivity index (χ4v) is 3.01. The third-order valence-electron chi connectivity index (χ3n) is 2.50. The van der Waals surface area contributed by atoms with Crippen molar-refractivity contribution >= 4 is 32.7 Å².